The lowest BCUT2D eigenvalue weighted by atomic mass is 10.1. The molecular formula is C14H20ClFN2O4S. The lowest BCUT2D eigenvalue weighted by molar-refractivity contribution is 0.0596. The molecule has 6 nitrogen and oxygen atoms in total. The van der Waals surface area contributed by atoms with E-state index < -0.39 is 21.8 Å². The summed E-state index contributed by atoms with van der Waals surface area (Å²) in [5.41, 5.74) is -0.157. The Balaban J connectivity index is 0.00000264. The van der Waals surface area contributed by atoms with Crippen molar-refractivity contribution >= 4 is 28.4 Å². The normalized spacial score (nSPS) is 19.0. The van der Waals surface area contributed by atoms with Gasteiger partial charge in [-0.1, -0.05) is 0 Å². The maximum Gasteiger partial charge on any atom is 0.339 e. The van der Waals surface area contributed by atoms with E-state index in [1.165, 1.54) is 4.31 Å². The Hall–Kier alpha value is -1.22. The molecule has 0 amide bonds. The van der Waals surface area contributed by atoms with Gasteiger partial charge in [0.15, 0.2) is 0 Å². The van der Waals surface area contributed by atoms with Crippen LogP contribution in [0.5, 0.6) is 0 Å². The van der Waals surface area contributed by atoms with Crippen molar-refractivity contribution in [3.05, 3.63) is 29.6 Å². The van der Waals surface area contributed by atoms with Crippen LogP contribution in [-0.4, -0.2) is 52.0 Å². The number of likely N-dealkylation sites (N-methyl/N-ethyl adjacent to an activating group) is 1. The third-order valence-corrected chi connectivity index (χ3v) is 5.66. The molecule has 0 aliphatic carbocycles. The van der Waals surface area contributed by atoms with Gasteiger partial charge in [0, 0.05) is 19.1 Å². The van der Waals surface area contributed by atoms with Crippen molar-refractivity contribution in [2.45, 2.75) is 23.8 Å². The Kier molecular flexibility index (Phi) is 6.94. The molecule has 0 radical (unpaired) electrons. The first kappa shape index (κ1) is 19.8. The van der Waals surface area contributed by atoms with Crippen LogP contribution in [-0.2, 0) is 14.8 Å². The maximum absolute atomic E-state index is 13.5. The molecule has 0 bridgehead atoms. The lowest BCUT2D eigenvalue weighted by Crippen LogP contribution is -2.47. The summed E-state index contributed by atoms with van der Waals surface area (Å²) >= 11 is 0. The summed E-state index contributed by atoms with van der Waals surface area (Å²) in [5.74, 6) is -1.52. The van der Waals surface area contributed by atoms with Crippen LogP contribution in [0.2, 0.25) is 0 Å². The summed E-state index contributed by atoms with van der Waals surface area (Å²) in [5, 5.41) is 3.05. The van der Waals surface area contributed by atoms with Crippen LogP contribution in [0, 0.1) is 5.82 Å². The second kappa shape index (κ2) is 8.05. The first-order valence-corrected chi connectivity index (χ1v) is 8.39. The van der Waals surface area contributed by atoms with Crippen molar-refractivity contribution in [2.24, 2.45) is 0 Å². The molecule has 9 heteroatoms. The average Bonchev–Trinajstić information content (AvgIpc) is 2.54. The number of methoxy groups -OCH3 is 1. The number of benzene rings is 1. The summed E-state index contributed by atoms with van der Waals surface area (Å²) in [4.78, 5) is 11.4. The summed E-state index contributed by atoms with van der Waals surface area (Å²) in [7, 11) is -1.04. The fourth-order valence-electron chi connectivity index (χ4n) is 2.52. The summed E-state index contributed by atoms with van der Waals surface area (Å²) in [6.07, 6.45) is 1.57. The molecule has 1 aromatic rings. The molecule has 23 heavy (non-hydrogen) atoms. The zero-order valence-corrected chi connectivity index (χ0v) is 14.5. The van der Waals surface area contributed by atoms with Gasteiger partial charge in [-0.3, -0.25) is 0 Å². The van der Waals surface area contributed by atoms with Crippen LogP contribution in [0.4, 0.5) is 4.39 Å². The van der Waals surface area contributed by atoms with Crippen molar-refractivity contribution in [1.82, 2.24) is 9.62 Å². The smallest absolute Gasteiger partial charge is 0.339 e. The van der Waals surface area contributed by atoms with Crippen LogP contribution < -0.4 is 5.32 Å². The molecule has 1 N–H and O–H groups in total. The van der Waals surface area contributed by atoms with Crippen LogP contribution in [0.3, 0.4) is 0 Å². The number of hydrogen-bond donors (Lipinski definition) is 1. The van der Waals surface area contributed by atoms with E-state index >= 15 is 0 Å². The zero-order chi connectivity index (χ0) is 16.3. The van der Waals surface area contributed by atoms with E-state index in [0.29, 0.717) is 13.0 Å². The van der Waals surface area contributed by atoms with Gasteiger partial charge in [0.25, 0.3) is 0 Å². The Morgan fingerprint density at radius 2 is 2.13 bits per heavy atom. The van der Waals surface area contributed by atoms with Gasteiger partial charge in [-0.25, -0.2) is 17.6 Å². The molecule has 0 spiro atoms. The van der Waals surface area contributed by atoms with E-state index in [-0.39, 0.29) is 35.5 Å². The van der Waals surface area contributed by atoms with Crippen LogP contribution in [0.25, 0.3) is 0 Å². The van der Waals surface area contributed by atoms with Gasteiger partial charge in [-0.05, 0) is 38.1 Å². The van der Waals surface area contributed by atoms with Gasteiger partial charge in [0.2, 0.25) is 10.0 Å². The van der Waals surface area contributed by atoms with Crippen molar-refractivity contribution in [3.63, 3.8) is 0 Å². The van der Waals surface area contributed by atoms with E-state index in [4.69, 9.17) is 0 Å². The Morgan fingerprint density at radius 3 is 2.74 bits per heavy atom. The summed E-state index contributed by atoms with van der Waals surface area (Å²) in [6.45, 7) is 0.633. The molecule has 1 aliphatic rings. The molecule has 1 aliphatic heterocycles. The quantitative estimate of drug-likeness (QED) is 0.815. The first-order chi connectivity index (χ1) is 10.4. The van der Waals surface area contributed by atoms with Gasteiger partial charge in [0.05, 0.1) is 17.6 Å². The molecule has 1 fully saturated rings. The monoisotopic (exact) mass is 366 g/mol. The van der Waals surface area contributed by atoms with E-state index in [0.717, 1.165) is 31.7 Å². The van der Waals surface area contributed by atoms with Crippen LogP contribution in [0.1, 0.15) is 23.2 Å². The maximum atomic E-state index is 13.5. The standard InChI is InChI=1S/C14H19FN2O4S.ClH/c1-16-11-4-3-7-17(9-11)22(19,20)13-8-10(15)5-6-12(13)14(18)21-2;/h5-6,8,11,16H,3-4,7,9H2,1-2H3;1H. The highest BCUT2D eigenvalue weighted by atomic mass is 35.5. The predicted octanol–water partition coefficient (Wildman–Crippen LogP) is 1.41. The Labute approximate surface area is 141 Å². The van der Waals surface area contributed by atoms with Crippen LogP contribution in [0.15, 0.2) is 23.1 Å². The van der Waals surface area contributed by atoms with Crippen molar-refractivity contribution in [2.75, 3.05) is 27.2 Å². The highest BCUT2D eigenvalue weighted by molar-refractivity contribution is 7.89. The SMILES string of the molecule is CNC1CCCN(S(=O)(=O)c2cc(F)ccc2C(=O)OC)C1.Cl. The molecule has 1 aromatic carbocycles. The minimum atomic E-state index is -3.96. The number of rotatable bonds is 4. The molecule has 0 aromatic heterocycles. The third-order valence-electron chi connectivity index (χ3n) is 3.76. The van der Waals surface area contributed by atoms with E-state index in [1.807, 2.05) is 0 Å². The number of ether oxygens (including phenoxy) is 1. The lowest BCUT2D eigenvalue weighted by Gasteiger charge is -2.32. The van der Waals surface area contributed by atoms with Gasteiger partial charge in [-0.15, -0.1) is 12.4 Å². The number of hydrogen-bond acceptors (Lipinski definition) is 5. The van der Waals surface area contributed by atoms with Gasteiger partial charge < -0.3 is 10.1 Å². The number of esters is 1. The Bertz CT molecular complexity index is 669. The number of nitrogens with one attached hydrogen (secondary N) is 1. The topological polar surface area (TPSA) is 75.7 Å². The molecule has 1 atom stereocenters. The number of piperidine rings is 1. The molecule has 2 rings (SSSR count). The molecule has 130 valence electrons. The minimum absolute atomic E-state index is 0. The van der Waals surface area contributed by atoms with Crippen molar-refractivity contribution in [3.8, 4) is 0 Å². The summed E-state index contributed by atoms with van der Waals surface area (Å²) in [6, 6.07) is 3.08. The van der Waals surface area contributed by atoms with Gasteiger partial charge >= 0.3 is 5.97 Å². The van der Waals surface area contributed by atoms with E-state index in [9.17, 15) is 17.6 Å². The number of sulfonamides is 1. The second-order valence-electron chi connectivity index (χ2n) is 5.12. The van der Waals surface area contributed by atoms with E-state index in [1.54, 1.807) is 7.05 Å². The largest absolute Gasteiger partial charge is 0.465 e. The van der Waals surface area contributed by atoms with Crippen LogP contribution >= 0.6 is 12.4 Å². The summed E-state index contributed by atoms with van der Waals surface area (Å²) < 4.78 is 44.9. The first-order valence-electron chi connectivity index (χ1n) is 6.95. The highest BCUT2D eigenvalue weighted by Crippen LogP contribution is 2.25. The van der Waals surface area contributed by atoms with Crippen molar-refractivity contribution in [1.29, 1.82) is 0 Å². The molecule has 0 saturated carbocycles. The Morgan fingerprint density at radius 1 is 1.43 bits per heavy atom. The molecule has 1 heterocycles. The third kappa shape index (κ3) is 4.20. The number of carbonyl (C=O) groups is 1. The predicted molar refractivity (Wildman–Crippen MR) is 85.8 cm³/mol. The molecule has 1 unspecified atom stereocenters. The van der Waals surface area contributed by atoms with Gasteiger partial charge in [0.1, 0.15) is 5.82 Å². The minimum Gasteiger partial charge on any atom is -0.465 e. The van der Waals surface area contributed by atoms with Crippen molar-refractivity contribution < 1.29 is 22.3 Å². The highest BCUT2D eigenvalue weighted by Gasteiger charge is 2.33. The molecular weight excluding hydrogens is 347 g/mol. The second-order valence-corrected chi connectivity index (χ2v) is 7.03. The number of carbonyl (C=O) groups excluding carboxylic acids is 1. The number of halogens is 2. The van der Waals surface area contributed by atoms with E-state index in [2.05, 4.69) is 10.1 Å². The molecule has 1 saturated heterocycles. The number of nitrogens with zero attached hydrogens (tertiary/aromatic N) is 1. The fourth-order valence-corrected chi connectivity index (χ4v) is 4.24. The fraction of sp³-hybridized carbons (Fsp3) is 0.500. The zero-order valence-electron chi connectivity index (χ0n) is 12.9. The van der Waals surface area contributed by atoms with Gasteiger partial charge in [-0.2, -0.15) is 4.31 Å². The average molecular weight is 367 g/mol.